The normalized spacial score (nSPS) is 15.2. The highest BCUT2D eigenvalue weighted by Gasteiger charge is 2.51. The van der Waals surface area contributed by atoms with E-state index in [1.807, 2.05) is 0 Å². The van der Waals surface area contributed by atoms with E-state index in [1.165, 1.54) is 12.1 Å². The SMILES string of the molecule is O=C(Nc1ccc(Cl)c([N+](=O)[O-])c1)NC1(C(=O)O)CC1. The van der Waals surface area contributed by atoms with Gasteiger partial charge in [-0.2, -0.15) is 0 Å². The Kier molecular flexibility index (Phi) is 3.49. The van der Waals surface area contributed by atoms with Crippen molar-refractivity contribution in [1.82, 2.24) is 5.32 Å². The lowest BCUT2D eigenvalue weighted by Gasteiger charge is -2.13. The second-order valence-corrected chi connectivity index (χ2v) is 4.80. The summed E-state index contributed by atoms with van der Waals surface area (Å²) in [5, 5.41) is 24.2. The number of nitro groups is 1. The number of nitrogens with zero attached hydrogens (tertiary/aromatic N) is 1. The standard InChI is InChI=1S/C11H10ClN3O5/c12-7-2-1-6(5-8(7)15(19)20)13-10(18)14-11(3-4-11)9(16)17/h1-2,5H,3-4H2,(H,16,17)(H2,13,14,18). The molecule has 0 radical (unpaired) electrons. The van der Waals surface area contributed by atoms with Crippen molar-refractivity contribution in [2.24, 2.45) is 0 Å². The smallest absolute Gasteiger partial charge is 0.329 e. The minimum absolute atomic E-state index is 0.0508. The number of anilines is 1. The molecule has 1 aliphatic carbocycles. The Morgan fingerprint density at radius 2 is 2.05 bits per heavy atom. The number of urea groups is 1. The topological polar surface area (TPSA) is 122 Å². The van der Waals surface area contributed by atoms with Crippen molar-refractivity contribution in [3.63, 3.8) is 0 Å². The van der Waals surface area contributed by atoms with Crippen molar-refractivity contribution in [3.8, 4) is 0 Å². The molecule has 1 aromatic rings. The third-order valence-corrected chi connectivity index (χ3v) is 3.23. The molecule has 106 valence electrons. The lowest BCUT2D eigenvalue weighted by molar-refractivity contribution is -0.384. The number of carbonyl (C=O) groups excluding carboxylic acids is 1. The van der Waals surface area contributed by atoms with Gasteiger partial charge in [-0.1, -0.05) is 11.6 Å². The monoisotopic (exact) mass is 299 g/mol. The Morgan fingerprint density at radius 3 is 2.55 bits per heavy atom. The van der Waals surface area contributed by atoms with Crippen LogP contribution in [0, 0.1) is 10.1 Å². The molecular weight excluding hydrogens is 290 g/mol. The first kappa shape index (κ1) is 14.1. The van der Waals surface area contributed by atoms with Gasteiger partial charge >= 0.3 is 12.0 Å². The molecule has 0 aliphatic heterocycles. The zero-order chi connectivity index (χ0) is 14.9. The largest absolute Gasteiger partial charge is 0.480 e. The number of benzene rings is 1. The average Bonchev–Trinajstić information content (AvgIpc) is 3.12. The second kappa shape index (κ2) is 4.97. The van der Waals surface area contributed by atoms with Gasteiger partial charge in [0, 0.05) is 11.8 Å². The zero-order valence-electron chi connectivity index (χ0n) is 10.1. The number of amides is 2. The van der Waals surface area contributed by atoms with Gasteiger partial charge in [-0.25, -0.2) is 9.59 Å². The van der Waals surface area contributed by atoms with E-state index in [1.54, 1.807) is 0 Å². The predicted octanol–water partition coefficient (Wildman–Crippen LogP) is 1.99. The van der Waals surface area contributed by atoms with Crippen LogP contribution in [-0.2, 0) is 4.79 Å². The van der Waals surface area contributed by atoms with Gasteiger partial charge in [0.1, 0.15) is 10.6 Å². The van der Waals surface area contributed by atoms with E-state index in [0.717, 1.165) is 6.07 Å². The summed E-state index contributed by atoms with van der Waals surface area (Å²) in [4.78, 5) is 32.6. The van der Waals surface area contributed by atoms with Gasteiger partial charge in [0.05, 0.1) is 4.92 Å². The van der Waals surface area contributed by atoms with Crippen molar-refractivity contribution < 1.29 is 19.6 Å². The van der Waals surface area contributed by atoms with Crippen LogP contribution in [0.15, 0.2) is 18.2 Å². The molecule has 2 rings (SSSR count). The molecule has 0 aromatic heterocycles. The van der Waals surface area contributed by atoms with Crippen LogP contribution in [0.1, 0.15) is 12.8 Å². The highest BCUT2D eigenvalue weighted by Crippen LogP contribution is 2.35. The first-order valence-corrected chi connectivity index (χ1v) is 5.98. The molecule has 20 heavy (non-hydrogen) atoms. The number of carboxylic acid groups (broad SMARTS) is 1. The number of carbonyl (C=O) groups is 2. The first-order chi connectivity index (χ1) is 9.34. The number of carboxylic acids is 1. The fourth-order valence-corrected chi connectivity index (χ4v) is 1.81. The van der Waals surface area contributed by atoms with Crippen LogP contribution in [0.5, 0.6) is 0 Å². The highest BCUT2D eigenvalue weighted by molar-refractivity contribution is 6.32. The number of nitro benzene ring substituents is 1. The molecule has 9 heteroatoms. The van der Waals surface area contributed by atoms with Crippen LogP contribution >= 0.6 is 11.6 Å². The summed E-state index contributed by atoms with van der Waals surface area (Å²) in [6, 6.07) is 3.03. The summed E-state index contributed by atoms with van der Waals surface area (Å²) >= 11 is 5.64. The second-order valence-electron chi connectivity index (χ2n) is 4.39. The van der Waals surface area contributed by atoms with E-state index in [2.05, 4.69) is 10.6 Å². The molecule has 3 N–H and O–H groups in total. The quantitative estimate of drug-likeness (QED) is 0.579. The summed E-state index contributed by atoms with van der Waals surface area (Å²) in [5.41, 5.74) is -1.41. The molecule has 0 unspecified atom stereocenters. The van der Waals surface area contributed by atoms with E-state index < -0.39 is 22.5 Å². The van der Waals surface area contributed by atoms with Crippen LogP contribution in [-0.4, -0.2) is 27.6 Å². The van der Waals surface area contributed by atoms with Gasteiger partial charge in [-0.15, -0.1) is 0 Å². The zero-order valence-corrected chi connectivity index (χ0v) is 10.8. The summed E-state index contributed by atoms with van der Waals surface area (Å²) < 4.78 is 0. The Morgan fingerprint density at radius 1 is 1.40 bits per heavy atom. The number of aliphatic carboxylic acids is 1. The van der Waals surface area contributed by atoms with Gasteiger partial charge < -0.3 is 15.7 Å². The minimum atomic E-state index is -1.22. The van der Waals surface area contributed by atoms with Gasteiger partial charge in [-0.05, 0) is 25.0 Å². The lowest BCUT2D eigenvalue weighted by atomic mass is 10.2. The Bertz CT molecular complexity index is 600. The van der Waals surface area contributed by atoms with Crippen LogP contribution in [0.2, 0.25) is 5.02 Å². The molecule has 2 amide bonds. The summed E-state index contributed by atoms with van der Waals surface area (Å²) in [5.74, 6) is -1.10. The molecule has 0 heterocycles. The molecule has 0 atom stereocenters. The van der Waals surface area contributed by atoms with Crippen LogP contribution in [0.4, 0.5) is 16.2 Å². The van der Waals surface area contributed by atoms with Gasteiger partial charge in [0.2, 0.25) is 0 Å². The van der Waals surface area contributed by atoms with Gasteiger partial charge in [-0.3, -0.25) is 10.1 Å². The van der Waals surface area contributed by atoms with Crippen molar-refractivity contribution >= 4 is 35.0 Å². The van der Waals surface area contributed by atoms with Crippen molar-refractivity contribution in [1.29, 1.82) is 0 Å². The fraction of sp³-hybridized carbons (Fsp3) is 0.273. The van der Waals surface area contributed by atoms with Crippen molar-refractivity contribution in [3.05, 3.63) is 33.3 Å². The van der Waals surface area contributed by atoms with E-state index in [4.69, 9.17) is 16.7 Å². The molecule has 1 fully saturated rings. The number of halogens is 1. The Hall–Kier alpha value is -2.35. The molecule has 8 nitrogen and oxygen atoms in total. The lowest BCUT2D eigenvalue weighted by Crippen LogP contribution is -2.45. The van der Waals surface area contributed by atoms with Gasteiger partial charge in [0.25, 0.3) is 5.69 Å². The van der Waals surface area contributed by atoms with E-state index in [0.29, 0.717) is 12.8 Å². The fourth-order valence-electron chi connectivity index (χ4n) is 1.63. The molecule has 0 bridgehead atoms. The molecule has 1 saturated carbocycles. The van der Waals surface area contributed by atoms with Crippen LogP contribution < -0.4 is 10.6 Å². The minimum Gasteiger partial charge on any atom is -0.480 e. The molecule has 1 aliphatic rings. The third kappa shape index (κ3) is 2.80. The van der Waals surface area contributed by atoms with Crippen LogP contribution in [0.3, 0.4) is 0 Å². The molecular formula is C11H10ClN3O5. The summed E-state index contributed by atoms with van der Waals surface area (Å²) in [6.45, 7) is 0. The van der Waals surface area contributed by atoms with Crippen molar-refractivity contribution in [2.75, 3.05) is 5.32 Å². The van der Waals surface area contributed by atoms with E-state index in [-0.39, 0.29) is 16.4 Å². The third-order valence-electron chi connectivity index (χ3n) is 2.91. The molecule has 1 aromatic carbocycles. The molecule has 0 saturated heterocycles. The Balaban J connectivity index is 2.07. The molecule has 0 spiro atoms. The maximum Gasteiger partial charge on any atom is 0.329 e. The first-order valence-electron chi connectivity index (χ1n) is 5.60. The summed E-state index contributed by atoms with van der Waals surface area (Å²) in [6.07, 6.45) is 0.715. The number of hydrogen-bond acceptors (Lipinski definition) is 4. The number of rotatable bonds is 4. The highest BCUT2D eigenvalue weighted by atomic mass is 35.5. The number of hydrogen-bond donors (Lipinski definition) is 3. The van der Waals surface area contributed by atoms with Crippen molar-refractivity contribution in [2.45, 2.75) is 18.4 Å². The number of nitrogens with one attached hydrogen (secondary N) is 2. The van der Waals surface area contributed by atoms with Crippen LogP contribution in [0.25, 0.3) is 0 Å². The van der Waals surface area contributed by atoms with Gasteiger partial charge in [0.15, 0.2) is 0 Å². The Labute approximate surface area is 117 Å². The summed E-state index contributed by atoms with van der Waals surface area (Å²) in [7, 11) is 0. The average molecular weight is 300 g/mol. The van der Waals surface area contributed by atoms with E-state index >= 15 is 0 Å². The predicted molar refractivity (Wildman–Crippen MR) is 69.9 cm³/mol. The maximum atomic E-state index is 11.7. The van der Waals surface area contributed by atoms with E-state index in [9.17, 15) is 19.7 Å². The maximum absolute atomic E-state index is 11.7.